The number of aliphatic hydroxyl groups excluding tert-OH is 2. The maximum atomic E-state index is 10.9. The monoisotopic (exact) mass is 216 g/mol. The lowest BCUT2D eigenvalue weighted by atomic mass is 10.4. The summed E-state index contributed by atoms with van der Waals surface area (Å²) in [4.78, 5) is 14.7. The average molecular weight is 216 g/mol. The normalized spacial score (nSPS) is 12.8. The zero-order valence-electron chi connectivity index (χ0n) is 7.75. The molecule has 1 rings (SSSR count). The number of aromatic nitrogens is 2. The number of hydrogen-bond donors (Lipinski definition) is 2. The fourth-order valence-electron chi connectivity index (χ4n) is 1.000. The van der Waals surface area contributed by atoms with E-state index >= 15 is 0 Å². The quantitative estimate of drug-likeness (QED) is 0.515. The Labute approximate surface area is 85.4 Å². The Morgan fingerprint density at radius 1 is 1.71 bits per heavy atom. The second kappa shape index (κ2) is 5.14. The van der Waals surface area contributed by atoms with Crippen molar-refractivity contribution >= 4 is 11.8 Å². The predicted molar refractivity (Wildman–Crippen MR) is 53.4 cm³/mol. The molecule has 78 valence electrons. The van der Waals surface area contributed by atoms with Crippen LogP contribution in [0.5, 0.6) is 0 Å². The summed E-state index contributed by atoms with van der Waals surface area (Å²) in [5.74, 6) is 0. The summed E-state index contributed by atoms with van der Waals surface area (Å²) >= 11 is 1.32. The number of nitrogens with zero attached hydrogens (tertiary/aromatic N) is 2. The van der Waals surface area contributed by atoms with Crippen molar-refractivity contribution in [3.05, 3.63) is 22.6 Å². The summed E-state index contributed by atoms with van der Waals surface area (Å²) in [6.45, 7) is -0.0695. The van der Waals surface area contributed by atoms with Gasteiger partial charge in [-0.15, -0.1) is 0 Å². The van der Waals surface area contributed by atoms with Crippen LogP contribution in [0.4, 0.5) is 0 Å². The fourth-order valence-corrected chi connectivity index (χ4v) is 1.55. The first-order valence-corrected chi connectivity index (χ1v) is 5.30. The Morgan fingerprint density at radius 2 is 2.43 bits per heavy atom. The van der Waals surface area contributed by atoms with Gasteiger partial charge in [-0.1, -0.05) is 11.8 Å². The van der Waals surface area contributed by atoms with Crippen LogP contribution in [0.3, 0.4) is 0 Å². The molecule has 5 nitrogen and oxygen atoms in total. The molecule has 6 heteroatoms. The Kier molecular flexibility index (Phi) is 4.12. The topological polar surface area (TPSA) is 75.4 Å². The second-order valence-electron chi connectivity index (χ2n) is 2.74. The van der Waals surface area contributed by atoms with E-state index < -0.39 is 6.10 Å². The highest BCUT2D eigenvalue weighted by atomic mass is 32.2. The van der Waals surface area contributed by atoms with Gasteiger partial charge in [-0.2, -0.15) is 4.98 Å². The van der Waals surface area contributed by atoms with Crippen molar-refractivity contribution in [3.8, 4) is 0 Å². The van der Waals surface area contributed by atoms with Gasteiger partial charge < -0.3 is 14.8 Å². The highest BCUT2D eigenvalue weighted by Gasteiger charge is 2.06. The van der Waals surface area contributed by atoms with Gasteiger partial charge >= 0.3 is 0 Å². The van der Waals surface area contributed by atoms with Gasteiger partial charge in [0, 0.05) is 12.3 Å². The maximum absolute atomic E-state index is 10.9. The van der Waals surface area contributed by atoms with Crippen molar-refractivity contribution in [1.82, 2.24) is 9.55 Å². The average Bonchev–Trinajstić information content (AvgIpc) is 2.20. The number of thioether (sulfide) groups is 1. The molecule has 0 bridgehead atoms. The molecule has 0 fully saturated rings. The molecular formula is C8H12N2O3S. The van der Waals surface area contributed by atoms with E-state index in [1.165, 1.54) is 17.8 Å². The molecule has 0 aromatic carbocycles. The van der Waals surface area contributed by atoms with Crippen LogP contribution in [0.2, 0.25) is 0 Å². The Morgan fingerprint density at radius 3 is 3.00 bits per heavy atom. The summed E-state index contributed by atoms with van der Waals surface area (Å²) in [6, 6.07) is 1.32. The minimum absolute atomic E-state index is 0.236. The lowest BCUT2D eigenvalue weighted by Crippen LogP contribution is -2.23. The summed E-state index contributed by atoms with van der Waals surface area (Å²) in [5.41, 5.74) is -0.302. The molecule has 0 saturated heterocycles. The van der Waals surface area contributed by atoms with Crippen molar-refractivity contribution in [3.63, 3.8) is 0 Å². The minimum Gasteiger partial charge on any atom is -0.394 e. The van der Waals surface area contributed by atoms with Gasteiger partial charge in [0.05, 0.1) is 19.3 Å². The van der Waals surface area contributed by atoms with Crippen molar-refractivity contribution < 1.29 is 10.2 Å². The zero-order chi connectivity index (χ0) is 10.6. The van der Waals surface area contributed by atoms with Crippen LogP contribution in [-0.4, -0.2) is 38.7 Å². The predicted octanol–water partition coefficient (Wildman–Crippen LogP) is -0.682. The third-order valence-electron chi connectivity index (χ3n) is 1.65. The largest absolute Gasteiger partial charge is 0.394 e. The standard InChI is InChI=1S/C8H12N2O3S/c1-14-8-9-7(13)2-3-10(8)4-6(12)5-11/h2-3,6,11-12H,4-5H2,1H3. The Balaban J connectivity index is 2.90. The van der Waals surface area contributed by atoms with E-state index in [0.717, 1.165) is 0 Å². The smallest absolute Gasteiger partial charge is 0.273 e. The van der Waals surface area contributed by atoms with Crippen LogP contribution in [0, 0.1) is 0 Å². The van der Waals surface area contributed by atoms with E-state index in [2.05, 4.69) is 4.98 Å². The summed E-state index contributed by atoms with van der Waals surface area (Å²) in [6.07, 6.45) is 2.52. The molecule has 1 unspecified atom stereocenters. The summed E-state index contributed by atoms with van der Waals surface area (Å²) < 4.78 is 1.63. The van der Waals surface area contributed by atoms with Crippen LogP contribution >= 0.6 is 11.8 Å². The molecule has 0 amide bonds. The summed E-state index contributed by atoms with van der Waals surface area (Å²) in [7, 11) is 0. The summed E-state index contributed by atoms with van der Waals surface area (Å²) in [5, 5.41) is 18.4. The molecule has 0 radical (unpaired) electrons. The molecule has 0 saturated carbocycles. The number of hydrogen-bond acceptors (Lipinski definition) is 5. The highest BCUT2D eigenvalue weighted by Crippen LogP contribution is 2.09. The molecule has 0 spiro atoms. The molecule has 14 heavy (non-hydrogen) atoms. The van der Waals surface area contributed by atoms with Gasteiger partial charge in [0.15, 0.2) is 5.16 Å². The van der Waals surface area contributed by atoms with E-state index in [0.29, 0.717) is 5.16 Å². The van der Waals surface area contributed by atoms with Gasteiger partial charge in [-0.25, -0.2) is 0 Å². The zero-order valence-corrected chi connectivity index (χ0v) is 8.57. The lowest BCUT2D eigenvalue weighted by Gasteiger charge is -2.12. The van der Waals surface area contributed by atoms with Gasteiger partial charge in [0.1, 0.15) is 0 Å². The molecule has 1 aromatic rings. The first kappa shape index (κ1) is 11.2. The minimum atomic E-state index is -0.829. The highest BCUT2D eigenvalue weighted by molar-refractivity contribution is 7.98. The first-order chi connectivity index (χ1) is 6.67. The van der Waals surface area contributed by atoms with Gasteiger partial charge in [0.25, 0.3) is 5.56 Å². The molecular weight excluding hydrogens is 204 g/mol. The fraction of sp³-hybridized carbons (Fsp3) is 0.500. The maximum Gasteiger partial charge on any atom is 0.273 e. The van der Waals surface area contributed by atoms with E-state index in [1.54, 1.807) is 17.0 Å². The molecule has 0 aliphatic carbocycles. The molecule has 1 aromatic heterocycles. The van der Waals surface area contributed by atoms with E-state index in [4.69, 9.17) is 5.11 Å². The van der Waals surface area contributed by atoms with Crippen molar-refractivity contribution in [2.45, 2.75) is 17.8 Å². The number of aliphatic hydroxyl groups is 2. The molecule has 1 atom stereocenters. The van der Waals surface area contributed by atoms with Crippen LogP contribution in [0.15, 0.2) is 22.2 Å². The van der Waals surface area contributed by atoms with Crippen LogP contribution in [0.1, 0.15) is 0 Å². The van der Waals surface area contributed by atoms with Crippen molar-refractivity contribution in [1.29, 1.82) is 0 Å². The van der Waals surface area contributed by atoms with Crippen molar-refractivity contribution in [2.75, 3.05) is 12.9 Å². The lowest BCUT2D eigenvalue weighted by molar-refractivity contribution is 0.0786. The van der Waals surface area contributed by atoms with Gasteiger partial charge in [0.2, 0.25) is 0 Å². The van der Waals surface area contributed by atoms with Gasteiger partial charge in [-0.05, 0) is 6.26 Å². The molecule has 0 aliphatic rings. The molecule has 2 N–H and O–H groups in total. The SMILES string of the molecule is CSc1nc(=O)ccn1CC(O)CO. The molecule has 1 heterocycles. The van der Waals surface area contributed by atoms with E-state index in [9.17, 15) is 9.90 Å². The second-order valence-corrected chi connectivity index (χ2v) is 3.51. The van der Waals surface area contributed by atoms with Crippen molar-refractivity contribution in [2.24, 2.45) is 0 Å². The first-order valence-electron chi connectivity index (χ1n) is 4.07. The Hall–Kier alpha value is -0.850. The van der Waals surface area contributed by atoms with Gasteiger partial charge in [-0.3, -0.25) is 4.79 Å². The Bertz CT molecular complexity index is 353. The van der Waals surface area contributed by atoms with E-state index in [-0.39, 0.29) is 18.7 Å². The van der Waals surface area contributed by atoms with E-state index in [1.807, 2.05) is 0 Å². The van der Waals surface area contributed by atoms with Crippen LogP contribution in [0.25, 0.3) is 0 Å². The third-order valence-corrected chi connectivity index (χ3v) is 2.34. The molecule has 0 aliphatic heterocycles. The van der Waals surface area contributed by atoms with Crippen LogP contribution in [-0.2, 0) is 6.54 Å². The number of rotatable bonds is 4. The third kappa shape index (κ3) is 2.83. The van der Waals surface area contributed by atoms with Crippen LogP contribution < -0.4 is 5.56 Å².